The fraction of sp³-hybridized carbons (Fsp3) is 0.214. The number of hydrogen-bond donors (Lipinski definition) is 2. The molecule has 0 saturated heterocycles. The smallest absolute Gasteiger partial charge is 0.312 e. The van der Waals surface area contributed by atoms with Crippen LogP contribution in [0.15, 0.2) is 29.6 Å². The first kappa shape index (κ1) is 14.7. The lowest BCUT2D eigenvalue weighted by Crippen LogP contribution is -2.13. The van der Waals surface area contributed by atoms with Crippen LogP contribution in [0.3, 0.4) is 0 Å². The van der Waals surface area contributed by atoms with Crippen molar-refractivity contribution in [2.24, 2.45) is 0 Å². The summed E-state index contributed by atoms with van der Waals surface area (Å²) in [7, 11) is 1.42. The van der Waals surface area contributed by atoms with Crippen LogP contribution < -0.4 is 4.74 Å². The minimum absolute atomic E-state index is 0.138. The Hall–Kier alpha value is -1.72. The van der Waals surface area contributed by atoms with Crippen molar-refractivity contribution >= 4 is 28.9 Å². The summed E-state index contributed by atoms with van der Waals surface area (Å²) in [6.45, 7) is 0. The Morgan fingerprint density at radius 3 is 2.80 bits per heavy atom. The number of phenols is 1. The second-order valence-corrected chi connectivity index (χ2v) is 5.63. The largest absolute Gasteiger partial charge is 0.503 e. The SMILES string of the molecule is COc1cc(CC(C(=O)O)c2cccs2)cc(Cl)c1O. The number of thiophene rings is 1. The van der Waals surface area contributed by atoms with E-state index in [2.05, 4.69) is 0 Å². The third-order valence-electron chi connectivity index (χ3n) is 2.93. The van der Waals surface area contributed by atoms with Crippen molar-refractivity contribution in [3.8, 4) is 11.5 Å². The van der Waals surface area contributed by atoms with Crippen molar-refractivity contribution in [2.75, 3.05) is 7.11 Å². The van der Waals surface area contributed by atoms with Gasteiger partial charge in [-0.05, 0) is 35.6 Å². The van der Waals surface area contributed by atoms with Crippen molar-refractivity contribution in [1.29, 1.82) is 0 Å². The van der Waals surface area contributed by atoms with Crippen LogP contribution in [0, 0.1) is 0 Å². The van der Waals surface area contributed by atoms with Crippen molar-refractivity contribution < 1.29 is 19.7 Å². The summed E-state index contributed by atoms with van der Waals surface area (Å²) in [6.07, 6.45) is 0.284. The van der Waals surface area contributed by atoms with Crippen molar-refractivity contribution in [2.45, 2.75) is 12.3 Å². The quantitative estimate of drug-likeness (QED) is 0.886. The zero-order valence-electron chi connectivity index (χ0n) is 10.7. The fourth-order valence-electron chi connectivity index (χ4n) is 1.94. The highest BCUT2D eigenvalue weighted by molar-refractivity contribution is 7.10. The average Bonchev–Trinajstić information content (AvgIpc) is 2.93. The summed E-state index contributed by atoms with van der Waals surface area (Å²) in [5.41, 5.74) is 0.699. The van der Waals surface area contributed by atoms with Gasteiger partial charge in [0.2, 0.25) is 0 Å². The zero-order valence-corrected chi connectivity index (χ0v) is 12.2. The first-order chi connectivity index (χ1) is 9.52. The highest BCUT2D eigenvalue weighted by Crippen LogP contribution is 2.36. The van der Waals surface area contributed by atoms with Gasteiger partial charge in [-0.25, -0.2) is 0 Å². The molecule has 0 saturated carbocycles. The first-order valence-corrected chi connectivity index (χ1v) is 7.10. The number of rotatable bonds is 5. The topological polar surface area (TPSA) is 66.8 Å². The van der Waals surface area contributed by atoms with Crippen LogP contribution in [0.4, 0.5) is 0 Å². The molecule has 106 valence electrons. The molecule has 2 rings (SSSR count). The molecule has 2 N–H and O–H groups in total. The number of carbonyl (C=O) groups is 1. The Balaban J connectivity index is 2.32. The predicted octanol–water partition coefficient (Wildman–Crippen LogP) is 3.53. The zero-order chi connectivity index (χ0) is 14.7. The van der Waals surface area contributed by atoms with Gasteiger partial charge in [0.1, 0.15) is 0 Å². The number of carboxylic acid groups (broad SMARTS) is 1. The van der Waals surface area contributed by atoms with Gasteiger partial charge in [-0.2, -0.15) is 0 Å². The van der Waals surface area contributed by atoms with Gasteiger partial charge in [0.15, 0.2) is 11.5 Å². The summed E-state index contributed by atoms with van der Waals surface area (Å²) >= 11 is 7.31. The monoisotopic (exact) mass is 312 g/mol. The Kier molecular flexibility index (Phi) is 4.52. The van der Waals surface area contributed by atoms with E-state index in [1.54, 1.807) is 18.2 Å². The van der Waals surface area contributed by atoms with Crippen LogP contribution in [0.1, 0.15) is 16.4 Å². The van der Waals surface area contributed by atoms with Gasteiger partial charge < -0.3 is 14.9 Å². The van der Waals surface area contributed by atoms with Crippen molar-refractivity contribution in [3.05, 3.63) is 45.1 Å². The van der Waals surface area contributed by atoms with Crippen LogP contribution >= 0.6 is 22.9 Å². The van der Waals surface area contributed by atoms with E-state index < -0.39 is 11.9 Å². The van der Waals surface area contributed by atoms with Gasteiger partial charge in [0.25, 0.3) is 0 Å². The van der Waals surface area contributed by atoms with Gasteiger partial charge >= 0.3 is 5.97 Å². The average molecular weight is 313 g/mol. The van der Waals surface area contributed by atoms with Crippen LogP contribution in [0.2, 0.25) is 5.02 Å². The van der Waals surface area contributed by atoms with E-state index in [0.717, 1.165) is 4.88 Å². The number of aromatic hydroxyl groups is 1. The molecule has 0 bridgehead atoms. The van der Waals surface area contributed by atoms with Crippen molar-refractivity contribution in [3.63, 3.8) is 0 Å². The molecule has 1 atom stereocenters. The van der Waals surface area contributed by atoms with E-state index in [4.69, 9.17) is 16.3 Å². The Morgan fingerprint density at radius 2 is 2.25 bits per heavy atom. The number of carboxylic acids is 1. The molecule has 6 heteroatoms. The number of methoxy groups -OCH3 is 1. The molecule has 0 aliphatic heterocycles. The lowest BCUT2D eigenvalue weighted by molar-refractivity contribution is -0.138. The third-order valence-corrected chi connectivity index (χ3v) is 4.21. The number of phenolic OH excluding ortho intramolecular Hbond substituents is 1. The van der Waals surface area contributed by atoms with Crippen LogP contribution in [0.25, 0.3) is 0 Å². The molecule has 4 nitrogen and oxygen atoms in total. The Morgan fingerprint density at radius 1 is 1.50 bits per heavy atom. The second kappa shape index (κ2) is 6.15. The minimum atomic E-state index is -0.893. The number of hydrogen-bond acceptors (Lipinski definition) is 4. The Labute approximate surface area is 125 Å². The minimum Gasteiger partial charge on any atom is -0.503 e. The summed E-state index contributed by atoms with van der Waals surface area (Å²) < 4.78 is 5.02. The molecule has 20 heavy (non-hydrogen) atoms. The third kappa shape index (κ3) is 3.05. The number of benzene rings is 1. The molecule has 1 aromatic heterocycles. The molecule has 0 fully saturated rings. The lowest BCUT2D eigenvalue weighted by Gasteiger charge is -2.13. The summed E-state index contributed by atoms with van der Waals surface area (Å²) in [4.78, 5) is 12.2. The molecule has 0 radical (unpaired) electrons. The van der Waals surface area contributed by atoms with E-state index in [1.807, 2.05) is 11.4 Å². The maximum absolute atomic E-state index is 11.4. The summed E-state index contributed by atoms with van der Waals surface area (Å²) in [6, 6.07) is 6.77. The maximum atomic E-state index is 11.4. The van der Waals surface area contributed by atoms with E-state index in [9.17, 15) is 15.0 Å². The molecular formula is C14H13ClO4S. The highest BCUT2D eigenvalue weighted by Gasteiger charge is 2.22. The molecule has 1 unspecified atom stereocenters. The van der Waals surface area contributed by atoms with Gasteiger partial charge in [-0.15, -0.1) is 11.3 Å². The molecule has 2 aromatic rings. The van der Waals surface area contributed by atoms with Gasteiger partial charge in [-0.1, -0.05) is 17.7 Å². The first-order valence-electron chi connectivity index (χ1n) is 5.84. The molecule has 0 amide bonds. The van der Waals surface area contributed by atoms with E-state index in [1.165, 1.54) is 18.4 Å². The number of halogens is 1. The maximum Gasteiger partial charge on any atom is 0.312 e. The van der Waals surface area contributed by atoms with Crippen molar-refractivity contribution in [1.82, 2.24) is 0 Å². The fourth-order valence-corrected chi connectivity index (χ4v) is 2.99. The number of aliphatic carboxylic acids is 1. The molecule has 0 aliphatic carbocycles. The van der Waals surface area contributed by atoms with Gasteiger partial charge in [-0.3, -0.25) is 4.79 Å². The molecular weight excluding hydrogens is 300 g/mol. The standard InChI is InChI=1S/C14H13ClO4S/c1-19-11-7-8(6-10(15)13(11)16)5-9(14(17)18)12-3-2-4-20-12/h2-4,6-7,9,16H,5H2,1H3,(H,17,18). The van der Waals surface area contributed by atoms with Crippen LogP contribution in [-0.4, -0.2) is 23.3 Å². The predicted molar refractivity (Wildman–Crippen MR) is 78.1 cm³/mol. The molecule has 1 heterocycles. The normalized spacial score (nSPS) is 12.1. The number of ether oxygens (including phenoxy) is 1. The van der Waals surface area contributed by atoms with E-state index >= 15 is 0 Å². The molecule has 1 aromatic carbocycles. The van der Waals surface area contributed by atoms with Gasteiger partial charge in [0.05, 0.1) is 18.1 Å². The molecule has 0 aliphatic rings. The highest BCUT2D eigenvalue weighted by atomic mass is 35.5. The van der Waals surface area contributed by atoms with E-state index in [0.29, 0.717) is 5.56 Å². The van der Waals surface area contributed by atoms with Crippen LogP contribution in [-0.2, 0) is 11.2 Å². The molecule has 0 spiro atoms. The lowest BCUT2D eigenvalue weighted by atomic mass is 9.97. The van der Waals surface area contributed by atoms with E-state index in [-0.39, 0.29) is 22.9 Å². The summed E-state index contributed by atoms with van der Waals surface area (Å²) in [5, 5.41) is 21.0. The summed E-state index contributed by atoms with van der Waals surface area (Å²) in [5.74, 6) is -1.43. The van der Waals surface area contributed by atoms with Gasteiger partial charge in [0, 0.05) is 4.88 Å². The van der Waals surface area contributed by atoms with Crippen LogP contribution in [0.5, 0.6) is 11.5 Å². The second-order valence-electron chi connectivity index (χ2n) is 4.24. The Bertz CT molecular complexity index is 610.